The Hall–Kier alpha value is -0.350. The van der Waals surface area contributed by atoms with Gasteiger partial charge in [-0.1, -0.05) is 0 Å². The lowest BCUT2D eigenvalue weighted by atomic mass is 10.1. The van der Waals surface area contributed by atoms with Gasteiger partial charge in [0.05, 0.1) is 6.10 Å². The molecule has 0 amide bonds. The number of aliphatic hydroxyl groups is 1. The number of nitrogens with two attached hydrogens (primary N) is 1. The summed E-state index contributed by atoms with van der Waals surface area (Å²) in [5.41, 5.74) is 5.40. The second kappa shape index (κ2) is 4.05. The summed E-state index contributed by atoms with van der Waals surface area (Å²) in [6.45, 7) is 8.23. The van der Waals surface area contributed by atoms with Crippen molar-refractivity contribution >= 4 is 17.3 Å². The fraction of sp³-hybridized carbons (Fsp3) is 0.875. The Balaban J connectivity index is 4.35. The third-order valence-electron chi connectivity index (χ3n) is 1.52. The molecule has 3 N–H and O–H groups in total. The molecule has 0 aliphatic heterocycles. The molecule has 0 aromatic heterocycles. The minimum Gasteiger partial charge on any atom is -0.392 e. The van der Waals surface area contributed by atoms with Gasteiger partial charge in [0.1, 0.15) is 0 Å². The summed E-state index contributed by atoms with van der Waals surface area (Å²) in [7, 11) is 0. The van der Waals surface area contributed by atoms with E-state index in [1.54, 1.807) is 6.92 Å². The van der Waals surface area contributed by atoms with Crippen LogP contribution in [0.2, 0.25) is 0 Å². The van der Waals surface area contributed by atoms with Crippen LogP contribution in [0.4, 0.5) is 0 Å². The Morgan fingerprint density at radius 1 is 1.58 bits per heavy atom. The maximum absolute atomic E-state index is 9.18. The number of hydrogen-bond donors (Lipinski definition) is 2. The summed E-state index contributed by atoms with van der Waals surface area (Å²) in [5, 5.41) is 9.51. The van der Waals surface area contributed by atoms with Crippen molar-refractivity contribution in [3.63, 3.8) is 0 Å². The van der Waals surface area contributed by atoms with Gasteiger partial charge in [-0.15, -0.1) is 0 Å². The van der Waals surface area contributed by atoms with Crippen LogP contribution in [0, 0.1) is 0 Å². The van der Waals surface area contributed by atoms with Crippen molar-refractivity contribution in [2.75, 3.05) is 6.54 Å². The third kappa shape index (κ3) is 3.88. The van der Waals surface area contributed by atoms with E-state index in [4.69, 9.17) is 18.0 Å². The summed E-state index contributed by atoms with van der Waals surface area (Å²) in [6.07, 6.45) is -0.411. The van der Waals surface area contributed by atoms with E-state index in [1.165, 1.54) is 0 Å². The summed E-state index contributed by atoms with van der Waals surface area (Å²) < 4.78 is 0. The van der Waals surface area contributed by atoms with E-state index in [1.807, 2.05) is 25.7 Å². The van der Waals surface area contributed by atoms with Crippen LogP contribution in [0.3, 0.4) is 0 Å². The van der Waals surface area contributed by atoms with Crippen LogP contribution in [-0.2, 0) is 0 Å². The molecule has 4 heteroatoms. The largest absolute Gasteiger partial charge is 0.392 e. The second-order valence-electron chi connectivity index (χ2n) is 3.97. The number of hydrogen-bond acceptors (Lipinski definition) is 2. The standard InChI is InChI=1S/C8H18N2OS/c1-6(11)5-10(7(9)12)8(2,3)4/h6,11H,5H2,1-4H3,(H2,9,12)/t6-/m0/s1. The molecule has 0 spiro atoms. The second-order valence-corrected chi connectivity index (χ2v) is 4.39. The van der Waals surface area contributed by atoms with E-state index in [9.17, 15) is 5.11 Å². The van der Waals surface area contributed by atoms with Crippen molar-refractivity contribution in [1.29, 1.82) is 0 Å². The molecule has 0 fully saturated rings. The van der Waals surface area contributed by atoms with Gasteiger partial charge < -0.3 is 15.7 Å². The molecular formula is C8H18N2OS. The quantitative estimate of drug-likeness (QED) is 0.630. The van der Waals surface area contributed by atoms with Crippen LogP contribution in [0.1, 0.15) is 27.7 Å². The van der Waals surface area contributed by atoms with Crippen LogP contribution < -0.4 is 5.73 Å². The molecule has 0 bridgehead atoms. The molecule has 0 aromatic carbocycles. The predicted octanol–water partition coefficient (Wildman–Crippen LogP) is 0.711. The Morgan fingerprint density at radius 3 is 2.08 bits per heavy atom. The van der Waals surface area contributed by atoms with Crippen molar-refractivity contribution in [2.45, 2.75) is 39.3 Å². The van der Waals surface area contributed by atoms with E-state index in [-0.39, 0.29) is 5.54 Å². The number of thiocarbonyl (C=S) groups is 1. The van der Waals surface area contributed by atoms with E-state index in [0.717, 1.165) is 0 Å². The van der Waals surface area contributed by atoms with Crippen molar-refractivity contribution < 1.29 is 5.11 Å². The van der Waals surface area contributed by atoms with Gasteiger partial charge >= 0.3 is 0 Å². The van der Waals surface area contributed by atoms with E-state index in [0.29, 0.717) is 11.7 Å². The van der Waals surface area contributed by atoms with Crippen LogP contribution in [0.25, 0.3) is 0 Å². The Bertz CT molecular complexity index is 163. The average Bonchev–Trinajstić information content (AvgIpc) is 1.79. The normalized spacial score (nSPS) is 14.1. The zero-order valence-electron chi connectivity index (χ0n) is 8.16. The minimum atomic E-state index is -0.411. The van der Waals surface area contributed by atoms with Gasteiger partial charge in [0.25, 0.3) is 0 Å². The first kappa shape index (κ1) is 11.6. The van der Waals surface area contributed by atoms with E-state index in [2.05, 4.69) is 0 Å². The van der Waals surface area contributed by atoms with Gasteiger partial charge in [-0.3, -0.25) is 0 Å². The van der Waals surface area contributed by atoms with Crippen LogP contribution >= 0.6 is 12.2 Å². The lowest BCUT2D eigenvalue weighted by Crippen LogP contribution is -2.50. The fourth-order valence-electron chi connectivity index (χ4n) is 0.959. The average molecular weight is 190 g/mol. The zero-order chi connectivity index (χ0) is 9.94. The SMILES string of the molecule is C[C@H](O)CN(C(N)=S)C(C)(C)C. The van der Waals surface area contributed by atoms with Gasteiger partial charge in [-0.2, -0.15) is 0 Å². The Morgan fingerprint density at radius 2 is 2.00 bits per heavy atom. The first-order valence-corrected chi connectivity index (χ1v) is 4.41. The van der Waals surface area contributed by atoms with Gasteiger partial charge in [0, 0.05) is 12.1 Å². The molecule has 0 saturated heterocycles. The summed E-state index contributed by atoms with van der Waals surface area (Å²) in [6, 6.07) is 0. The molecule has 0 unspecified atom stereocenters. The topological polar surface area (TPSA) is 49.5 Å². The summed E-state index contributed by atoms with van der Waals surface area (Å²) in [4.78, 5) is 1.81. The number of aliphatic hydroxyl groups excluding tert-OH is 1. The monoisotopic (exact) mass is 190 g/mol. The molecule has 72 valence electrons. The molecule has 12 heavy (non-hydrogen) atoms. The lowest BCUT2D eigenvalue weighted by Gasteiger charge is -2.37. The summed E-state index contributed by atoms with van der Waals surface area (Å²) >= 11 is 4.88. The molecule has 0 heterocycles. The number of β-amino-alcohol motifs (C(OH)–C–C–N with tert-alkyl or cyclic N) is 1. The highest BCUT2D eigenvalue weighted by Gasteiger charge is 2.23. The fourth-order valence-corrected chi connectivity index (χ4v) is 1.31. The van der Waals surface area contributed by atoms with Crippen LogP contribution in [0.5, 0.6) is 0 Å². The molecular weight excluding hydrogens is 172 g/mol. The van der Waals surface area contributed by atoms with Crippen molar-refractivity contribution in [2.24, 2.45) is 5.73 Å². The third-order valence-corrected chi connectivity index (χ3v) is 1.74. The Labute approximate surface area is 79.5 Å². The zero-order valence-corrected chi connectivity index (χ0v) is 8.98. The first-order valence-electron chi connectivity index (χ1n) is 4.00. The highest BCUT2D eigenvalue weighted by atomic mass is 32.1. The maximum Gasteiger partial charge on any atom is 0.166 e. The van der Waals surface area contributed by atoms with Crippen LogP contribution in [-0.4, -0.2) is 33.3 Å². The first-order chi connectivity index (χ1) is 5.25. The number of nitrogens with zero attached hydrogens (tertiary/aromatic N) is 1. The molecule has 3 nitrogen and oxygen atoms in total. The summed E-state index contributed by atoms with van der Waals surface area (Å²) in [5.74, 6) is 0. The molecule has 0 aliphatic carbocycles. The van der Waals surface area contributed by atoms with E-state index < -0.39 is 6.10 Å². The van der Waals surface area contributed by atoms with Crippen molar-refractivity contribution in [1.82, 2.24) is 4.90 Å². The smallest absolute Gasteiger partial charge is 0.166 e. The highest BCUT2D eigenvalue weighted by Crippen LogP contribution is 2.13. The molecule has 0 rings (SSSR count). The minimum absolute atomic E-state index is 0.122. The van der Waals surface area contributed by atoms with Gasteiger partial charge in [-0.05, 0) is 39.9 Å². The molecule has 0 radical (unpaired) electrons. The molecule has 1 atom stereocenters. The Kier molecular flexibility index (Phi) is 3.93. The van der Waals surface area contributed by atoms with Crippen molar-refractivity contribution in [3.05, 3.63) is 0 Å². The van der Waals surface area contributed by atoms with Gasteiger partial charge in [0.2, 0.25) is 0 Å². The molecule has 0 aromatic rings. The van der Waals surface area contributed by atoms with Gasteiger partial charge in [0.15, 0.2) is 5.11 Å². The van der Waals surface area contributed by atoms with Crippen molar-refractivity contribution in [3.8, 4) is 0 Å². The predicted molar refractivity (Wildman–Crippen MR) is 54.9 cm³/mol. The molecule has 0 saturated carbocycles. The highest BCUT2D eigenvalue weighted by molar-refractivity contribution is 7.80. The maximum atomic E-state index is 9.18. The lowest BCUT2D eigenvalue weighted by molar-refractivity contribution is 0.121. The van der Waals surface area contributed by atoms with Crippen LogP contribution in [0.15, 0.2) is 0 Å². The molecule has 0 aliphatic rings. The number of rotatable bonds is 2. The van der Waals surface area contributed by atoms with Gasteiger partial charge in [-0.25, -0.2) is 0 Å². The van der Waals surface area contributed by atoms with E-state index >= 15 is 0 Å².